The maximum Gasteiger partial charge on any atom is 0.0837 e. The van der Waals surface area contributed by atoms with Crippen molar-refractivity contribution in [2.45, 2.75) is 6.04 Å². The number of hydrogen-bond acceptors (Lipinski definition) is 3. The Kier molecular flexibility index (Phi) is 3.83. The molecule has 1 atom stereocenters. The van der Waals surface area contributed by atoms with Crippen LogP contribution in [0.4, 0.5) is 5.69 Å². The fourth-order valence-corrected chi connectivity index (χ4v) is 2.44. The fraction of sp³-hybridized carbons (Fsp3) is 0.167. The van der Waals surface area contributed by atoms with Gasteiger partial charge in [-0.3, -0.25) is 0 Å². The maximum atomic E-state index is 9.34. The molecule has 0 aliphatic carbocycles. The quantitative estimate of drug-likeness (QED) is 0.874. The Bertz CT molecular complexity index is 444. The van der Waals surface area contributed by atoms with Crippen molar-refractivity contribution < 1.29 is 5.11 Å². The van der Waals surface area contributed by atoms with E-state index in [1.54, 1.807) is 11.3 Å². The van der Waals surface area contributed by atoms with Crippen LogP contribution < -0.4 is 5.32 Å². The van der Waals surface area contributed by atoms with E-state index in [0.29, 0.717) is 5.02 Å². The second-order valence-corrected chi connectivity index (χ2v) is 4.82. The molecule has 1 unspecified atom stereocenters. The number of benzene rings is 1. The first kappa shape index (κ1) is 11.5. The third-order valence-electron chi connectivity index (χ3n) is 2.23. The van der Waals surface area contributed by atoms with Crippen molar-refractivity contribution in [3.8, 4) is 0 Å². The van der Waals surface area contributed by atoms with Crippen LogP contribution in [0.5, 0.6) is 0 Å². The van der Waals surface area contributed by atoms with Gasteiger partial charge < -0.3 is 10.4 Å². The molecule has 0 bridgehead atoms. The number of hydrogen-bond donors (Lipinski definition) is 2. The van der Waals surface area contributed by atoms with Gasteiger partial charge in [-0.1, -0.05) is 23.7 Å². The van der Waals surface area contributed by atoms with E-state index in [4.69, 9.17) is 11.6 Å². The summed E-state index contributed by atoms with van der Waals surface area (Å²) in [5, 5.41) is 15.3. The fourth-order valence-electron chi connectivity index (χ4n) is 1.48. The molecule has 1 aromatic heterocycles. The minimum atomic E-state index is -0.0709. The summed E-state index contributed by atoms with van der Waals surface area (Å²) < 4.78 is 0. The largest absolute Gasteiger partial charge is 0.394 e. The van der Waals surface area contributed by atoms with Crippen molar-refractivity contribution in [1.29, 1.82) is 0 Å². The number of nitrogens with one attached hydrogen (secondary N) is 1. The van der Waals surface area contributed by atoms with Gasteiger partial charge in [0.15, 0.2) is 0 Å². The lowest BCUT2D eigenvalue weighted by molar-refractivity contribution is 0.278. The molecule has 0 radical (unpaired) electrons. The summed E-state index contributed by atoms with van der Waals surface area (Å²) in [5.41, 5.74) is 0.917. The van der Waals surface area contributed by atoms with E-state index in [1.807, 2.05) is 41.8 Å². The normalized spacial score (nSPS) is 12.4. The third kappa shape index (κ3) is 2.76. The summed E-state index contributed by atoms with van der Waals surface area (Å²) in [5.74, 6) is 0. The Balaban J connectivity index is 2.13. The summed E-state index contributed by atoms with van der Waals surface area (Å²) in [7, 11) is 0. The SMILES string of the molecule is OCC(Nc1cccc(Cl)c1)c1cccs1. The molecule has 0 amide bonds. The number of thiophene rings is 1. The molecule has 4 heteroatoms. The van der Waals surface area contributed by atoms with Gasteiger partial charge in [-0.2, -0.15) is 0 Å². The zero-order valence-corrected chi connectivity index (χ0v) is 10.1. The Labute approximate surface area is 104 Å². The van der Waals surface area contributed by atoms with Crippen LogP contribution in [0.25, 0.3) is 0 Å². The zero-order valence-electron chi connectivity index (χ0n) is 8.56. The van der Waals surface area contributed by atoms with Gasteiger partial charge in [-0.15, -0.1) is 11.3 Å². The van der Waals surface area contributed by atoms with Crippen LogP contribution in [0, 0.1) is 0 Å². The smallest absolute Gasteiger partial charge is 0.0837 e. The molecule has 1 heterocycles. The molecule has 84 valence electrons. The highest BCUT2D eigenvalue weighted by atomic mass is 35.5. The van der Waals surface area contributed by atoms with Crippen LogP contribution >= 0.6 is 22.9 Å². The second kappa shape index (κ2) is 5.34. The molecular formula is C12H12ClNOS. The molecule has 1 aromatic carbocycles. The number of halogens is 1. The van der Waals surface area contributed by atoms with Crippen molar-refractivity contribution >= 4 is 28.6 Å². The minimum absolute atomic E-state index is 0.0625. The van der Waals surface area contributed by atoms with E-state index < -0.39 is 0 Å². The third-order valence-corrected chi connectivity index (χ3v) is 3.46. The highest BCUT2D eigenvalue weighted by Gasteiger charge is 2.10. The average Bonchev–Trinajstić information content (AvgIpc) is 2.79. The van der Waals surface area contributed by atoms with Crippen molar-refractivity contribution in [3.05, 3.63) is 51.7 Å². The number of aliphatic hydroxyl groups excluding tert-OH is 1. The van der Waals surface area contributed by atoms with E-state index in [-0.39, 0.29) is 12.6 Å². The lowest BCUT2D eigenvalue weighted by Crippen LogP contribution is -2.13. The van der Waals surface area contributed by atoms with Crippen LogP contribution in [0.3, 0.4) is 0 Å². The predicted molar refractivity (Wildman–Crippen MR) is 69.2 cm³/mol. The maximum absolute atomic E-state index is 9.34. The highest BCUT2D eigenvalue weighted by Crippen LogP contribution is 2.24. The summed E-state index contributed by atoms with van der Waals surface area (Å²) in [6, 6.07) is 11.4. The summed E-state index contributed by atoms with van der Waals surface area (Å²) >= 11 is 7.52. The summed E-state index contributed by atoms with van der Waals surface area (Å²) in [6.07, 6.45) is 0. The molecule has 2 rings (SSSR count). The highest BCUT2D eigenvalue weighted by molar-refractivity contribution is 7.10. The van der Waals surface area contributed by atoms with Crippen LogP contribution in [0.2, 0.25) is 5.02 Å². The monoisotopic (exact) mass is 253 g/mol. The van der Waals surface area contributed by atoms with Gasteiger partial charge in [0.2, 0.25) is 0 Å². The van der Waals surface area contributed by atoms with Crippen LogP contribution in [0.15, 0.2) is 41.8 Å². The summed E-state index contributed by atoms with van der Waals surface area (Å²) in [4.78, 5) is 1.11. The number of anilines is 1. The van der Waals surface area contributed by atoms with Crippen molar-refractivity contribution in [3.63, 3.8) is 0 Å². The standard InChI is InChI=1S/C12H12ClNOS/c13-9-3-1-4-10(7-9)14-11(8-15)12-5-2-6-16-12/h1-7,11,14-15H,8H2. The predicted octanol–water partition coefficient (Wildman–Crippen LogP) is 3.55. The number of aliphatic hydroxyl groups is 1. The molecule has 0 spiro atoms. The molecule has 0 aliphatic rings. The Morgan fingerprint density at radius 3 is 2.81 bits per heavy atom. The van der Waals surface area contributed by atoms with Crippen molar-refractivity contribution in [2.75, 3.05) is 11.9 Å². The van der Waals surface area contributed by atoms with Gasteiger partial charge >= 0.3 is 0 Å². The van der Waals surface area contributed by atoms with E-state index in [9.17, 15) is 5.11 Å². The lowest BCUT2D eigenvalue weighted by atomic mass is 10.2. The first-order valence-electron chi connectivity index (χ1n) is 4.96. The van der Waals surface area contributed by atoms with Crippen LogP contribution in [-0.2, 0) is 0 Å². The molecule has 2 nitrogen and oxygen atoms in total. The average molecular weight is 254 g/mol. The first-order chi connectivity index (χ1) is 7.79. The Morgan fingerprint density at radius 2 is 2.19 bits per heavy atom. The minimum Gasteiger partial charge on any atom is -0.394 e. The molecule has 16 heavy (non-hydrogen) atoms. The molecule has 2 aromatic rings. The lowest BCUT2D eigenvalue weighted by Gasteiger charge is -2.16. The van der Waals surface area contributed by atoms with E-state index in [2.05, 4.69) is 5.32 Å². The topological polar surface area (TPSA) is 32.3 Å². The number of rotatable bonds is 4. The molecule has 0 saturated carbocycles. The molecule has 0 fully saturated rings. The molecule has 0 aliphatic heterocycles. The van der Waals surface area contributed by atoms with Gasteiger partial charge in [0.1, 0.15) is 0 Å². The van der Waals surface area contributed by atoms with E-state index in [1.165, 1.54) is 0 Å². The molecule has 0 saturated heterocycles. The van der Waals surface area contributed by atoms with Gasteiger partial charge in [0, 0.05) is 15.6 Å². The van der Waals surface area contributed by atoms with E-state index in [0.717, 1.165) is 10.6 Å². The second-order valence-electron chi connectivity index (χ2n) is 3.41. The summed E-state index contributed by atoms with van der Waals surface area (Å²) in [6.45, 7) is 0.0625. The van der Waals surface area contributed by atoms with Gasteiger partial charge in [0.05, 0.1) is 12.6 Å². The van der Waals surface area contributed by atoms with Gasteiger partial charge in [0.25, 0.3) is 0 Å². The van der Waals surface area contributed by atoms with Crippen LogP contribution in [-0.4, -0.2) is 11.7 Å². The van der Waals surface area contributed by atoms with Crippen molar-refractivity contribution in [2.24, 2.45) is 0 Å². The van der Waals surface area contributed by atoms with Gasteiger partial charge in [-0.25, -0.2) is 0 Å². The first-order valence-corrected chi connectivity index (χ1v) is 6.21. The molecular weight excluding hydrogens is 242 g/mol. The van der Waals surface area contributed by atoms with Crippen molar-refractivity contribution in [1.82, 2.24) is 0 Å². The zero-order chi connectivity index (χ0) is 11.4. The molecule has 2 N–H and O–H groups in total. The van der Waals surface area contributed by atoms with E-state index >= 15 is 0 Å². The van der Waals surface area contributed by atoms with Crippen LogP contribution in [0.1, 0.15) is 10.9 Å². The Morgan fingerprint density at radius 1 is 1.31 bits per heavy atom. The van der Waals surface area contributed by atoms with Gasteiger partial charge in [-0.05, 0) is 29.6 Å². The Hall–Kier alpha value is -1.03.